The number of amides is 1. The lowest BCUT2D eigenvalue weighted by Crippen LogP contribution is -2.39. The van der Waals surface area contributed by atoms with Gasteiger partial charge in [0.2, 0.25) is 5.82 Å². The summed E-state index contributed by atoms with van der Waals surface area (Å²) in [7, 11) is 0. The second-order valence-corrected chi connectivity index (χ2v) is 5.53. The van der Waals surface area contributed by atoms with Crippen LogP contribution in [0.3, 0.4) is 0 Å². The number of anilines is 1. The van der Waals surface area contributed by atoms with Crippen LogP contribution in [0.1, 0.15) is 13.3 Å². The summed E-state index contributed by atoms with van der Waals surface area (Å²) < 4.78 is 10.8. The fourth-order valence-corrected chi connectivity index (χ4v) is 2.66. The fourth-order valence-electron chi connectivity index (χ4n) is 2.66. The van der Waals surface area contributed by atoms with Crippen molar-refractivity contribution in [1.29, 1.82) is 0 Å². The molecule has 1 amide bonds. The van der Waals surface area contributed by atoms with Gasteiger partial charge in [0.25, 0.3) is 11.8 Å². The van der Waals surface area contributed by atoms with Gasteiger partial charge in [0, 0.05) is 24.5 Å². The molecule has 4 rings (SSSR count). The number of hydrogen-bond donors (Lipinski definition) is 0. The Bertz CT molecular complexity index is 910. The maximum absolute atomic E-state index is 12.1. The van der Waals surface area contributed by atoms with Crippen LogP contribution in [0.4, 0.5) is 5.69 Å². The number of nitrogens with zero attached hydrogens (tertiary/aromatic N) is 5. The highest BCUT2D eigenvalue weighted by Crippen LogP contribution is 2.35. The number of aromatic nitrogens is 4. The van der Waals surface area contributed by atoms with Gasteiger partial charge in [-0.1, -0.05) is 12.1 Å². The van der Waals surface area contributed by atoms with Crippen LogP contribution in [0, 0.1) is 0 Å². The highest BCUT2D eigenvalue weighted by Gasteiger charge is 2.26. The summed E-state index contributed by atoms with van der Waals surface area (Å²) in [5.74, 6) is 1.32. The van der Waals surface area contributed by atoms with Gasteiger partial charge in [-0.05, 0) is 24.6 Å². The molecule has 1 aliphatic heterocycles. The van der Waals surface area contributed by atoms with Crippen LogP contribution >= 0.6 is 0 Å². The number of benzene rings is 1. The van der Waals surface area contributed by atoms with Crippen molar-refractivity contribution in [3.8, 4) is 28.7 Å². The fraction of sp³-hybridized carbons (Fsp3) is 0.235. The van der Waals surface area contributed by atoms with Gasteiger partial charge in [-0.2, -0.15) is 4.98 Å². The third-order valence-corrected chi connectivity index (χ3v) is 3.82. The molecule has 25 heavy (non-hydrogen) atoms. The van der Waals surface area contributed by atoms with Gasteiger partial charge in [0.05, 0.1) is 11.9 Å². The normalized spacial score (nSPS) is 13.5. The van der Waals surface area contributed by atoms with Crippen molar-refractivity contribution < 1.29 is 14.1 Å². The molecule has 0 fully saturated rings. The van der Waals surface area contributed by atoms with Crippen molar-refractivity contribution in [1.82, 2.24) is 20.1 Å². The molecule has 2 aromatic heterocycles. The molecule has 0 spiro atoms. The summed E-state index contributed by atoms with van der Waals surface area (Å²) in [6, 6.07) is 5.50. The first-order chi connectivity index (χ1) is 12.3. The number of ether oxygens (including phenoxy) is 1. The SMILES string of the molecule is CCCN1C(=O)COc2ccc(-c3noc(-c4cnccn4)n3)cc21. The third-order valence-electron chi connectivity index (χ3n) is 3.82. The third kappa shape index (κ3) is 2.82. The monoisotopic (exact) mass is 337 g/mol. The van der Waals surface area contributed by atoms with Crippen molar-refractivity contribution in [2.45, 2.75) is 13.3 Å². The zero-order valence-corrected chi connectivity index (χ0v) is 13.5. The van der Waals surface area contributed by atoms with E-state index >= 15 is 0 Å². The van der Waals surface area contributed by atoms with E-state index in [2.05, 4.69) is 20.1 Å². The molecule has 126 valence electrons. The van der Waals surface area contributed by atoms with E-state index in [-0.39, 0.29) is 12.5 Å². The van der Waals surface area contributed by atoms with Crippen LogP contribution in [0.5, 0.6) is 5.75 Å². The second kappa shape index (κ2) is 6.31. The topological polar surface area (TPSA) is 94.2 Å². The molecule has 1 aromatic carbocycles. The van der Waals surface area contributed by atoms with Crippen LogP contribution in [0.15, 0.2) is 41.3 Å². The molecule has 0 aliphatic carbocycles. The van der Waals surface area contributed by atoms with E-state index in [4.69, 9.17) is 9.26 Å². The van der Waals surface area contributed by atoms with E-state index in [0.29, 0.717) is 29.7 Å². The lowest BCUT2D eigenvalue weighted by Gasteiger charge is -2.29. The summed E-state index contributed by atoms with van der Waals surface area (Å²) in [4.78, 5) is 26.3. The molecule has 3 heterocycles. The number of rotatable bonds is 4. The van der Waals surface area contributed by atoms with Crippen molar-refractivity contribution in [2.75, 3.05) is 18.1 Å². The van der Waals surface area contributed by atoms with Gasteiger partial charge >= 0.3 is 0 Å². The van der Waals surface area contributed by atoms with Gasteiger partial charge in [0.15, 0.2) is 6.61 Å². The summed E-state index contributed by atoms with van der Waals surface area (Å²) in [5, 5.41) is 4.00. The van der Waals surface area contributed by atoms with Crippen LogP contribution in [-0.4, -0.2) is 39.2 Å². The van der Waals surface area contributed by atoms with E-state index in [1.54, 1.807) is 23.5 Å². The van der Waals surface area contributed by atoms with Gasteiger partial charge < -0.3 is 14.2 Å². The summed E-state index contributed by atoms with van der Waals surface area (Å²) >= 11 is 0. The van der Waals surface area contributed by atoms with Crippen molar-refractivity contribution >= 4 is 11.6 Å². The molecule has 3 aromatic rings. The Kier molecular flexibility index (Phi) is 3.85. The number of carbonyl (C=O) groups excluding carboxylic acids is 1. The molecule has 0 radical (unpaired) electrons. The highest BCUT2D eigenvalue weighted by molar-refractivity contribution is 5.98. The molecule has 0 unspecified atom stereocenters. The number of carbonyl (C=O) groups is 1. The molecule has 0 saturated carbocycles. The van der Waals surface area contributed by atoms with Gasteiger partial charge in [-0.15, -0.1) is 0 Å². The zero-order chi connectivity index (χ0) is 17.2. The Morgan fingerprint density at radius 2 is 2.20 bits per heavy atom. The molecule has 0 bridgehead atoms. The first-order valence-corrected chi connectivity index (χ1v) is 7.94. The minimum absolute atomic E-state index is 0.0557. The maximum atomic E-state index is 12.1. The van der Waals surface area contributed by atoms with Gasteiger partial charge in [-0.25, -0.2) is 4.98 Å². The van der Waals surface area contributed by atoms with Crippen LogP contribution in [-0.2, 0) is 4.79 Å². The summed E-state index contributed by atoms with van der Waals surface area (Å²) in [6.45, 7) is 2.72. The van der Waals surface area contributed by atoms with Gasteiger partial charge in [0.1, 0.15) is 11.4 Å². The largest absolute Gasteiger partial charge is 0.482 e. The molecule has 0 saturated heterocycles. The van der Waals surface area contributed by atoms with Gasteiger partial charge in [-0.3, -0.25) is 9.78 Å². The highest BCUT2D eigenvalue weighted by atomic mass is 16.5. The van der Waals surface area contributed by atoms with Crippen molar-refractivity contribution in [2.24, 2.45) is 0 Å². The van der Waals surface area contributed by atoms with Crippen molar-refractivity contribution in [3.05, 3.63) is 36.8 Å². The smallest absolute Gasteiger partial charge is 0.278 e. The molecule has 0 atom stereocenters. The Morgan fingerprint density at radius 3 is 3.00 bits per heavy atom. The van der Waals surface area contributed by atoms with E-state index in [1.165, 1.54) is 0 Å². The lowest BCUT2D eigenvalue weighted by atomic mass is 10.1. The van der Waals surface area contributed by atoms with E-state index in [0.717, 1.165) is 17.7 Å². The predicted molar refractivity (Wildman–Crippen MR) is 88.9 cm³/mol. The number of fused-ring (bicyclic) bond motifs is 1. The second-order valence-electron chi connectivity index (χ2n) is 5.53. The summed E-state index contributed by atoms with van der Waals surface area (Å²) in [5.41, 5.74) is 1.96. The van der Waals surface area contributed by atoms with E-state index < -0.39 is 0 Å². The Morgan fingerprint density at radius 1 is 1.28 bits per heavy atom. The molecule has 1 aliphatic rings. The molecular formula is C17H15N5O3. The molecule has 8 nitrogen and oxygen atoms in total. The van der Waals surface area contributed by atoms with E-state index in [9.17, 15) is 4.79 Å². The lowest BCUT2D eigenvalue weighted by molar-refractivity contribution is -0.121. The zero-order valence-electron chi connectivity index (χ0n) is 13.5. The minimum atomic E-state index is -0.0557. The Hall–Kier alpha value is -3.29. The van der Waals surface area contributed by atoms with E-state index in [1.807, 2.05) is 25.1 Å². The molecule has 0 N–H and O–H groups in total. The first-order valence-electron chi connectivity index (χ1n) is 7.94. The molecular weight excluding hydrogens is 322 g/mol. The minimum Gasteiger partial charge on any atom is -0.482 e. The molecule has 8 heteroatoms. The number of hydrogen-bond acceptors (Lipinski definition) is 7. The summed E-state index contributed by atoms with van der Waals surface area (Å²) in [6.07, 6.45) is 5.54. The van der Waals surface area contributed by atoms with Crippen LogP contribution < -0.4 is 9.64 Å². The van der Waals surface area contributed by atoms with Crippen LogP contribution in [0.25, 0.3) is 23.0 Å². The predicted octanol–water partition coefficient (Wildman–Crippen LogP) is 2.33. The Balaban J connectivity index is 1.70. The van der Waals surface area contributed by atoms with Crippen molar-refractivity contribution in [3.63, 3.8) is 0 Å². The Labute approximate surface area is 143 Å². The maximum Gasteiger partial charge on any atom is 0.278 e. The average molecular weight is 337 g/mol. The quantitative estimate of drug-likeness (QED) is 0.721. The average Bonchev–Trinajstić information content (AvgIpc) is 3.15. The van der Waals surface area contributed by atoms with Crippen LogP contribution in [0.2, 0.25) is 0 Å². The first kappa shape index (κ1) is 15.3. The standard InChI is InChI=1S/C17H15N5O3/c1-2-7-22-13-8-11(3-4-14(13)24-10-15(22)23)16-20-17(25-21-16)12-9-18-5-6-19-12/h3-6,8-9H,2,7,10H2,1H3.